The Morgan fingerprint density at radius 3 is 2.67 bits per heavy atom. The van der Waals surface area contributed by atoms with Gasteiger partial charge in [0.15, 0.2) is 0 Å². The molecule has 0 aromatic rings. The van der Waals surface area contributed by atoms with Crippen molar-refractivity contribution in [1.29, 1.82) is 0 Å². The predicted molar refractivity (Wildman–Crippen MR) is 46.6 cm³/mol. The van der Waals surface area contributed by atoms with E-state index in [9.17, 15) is 4.79 Å². The fraction of sp³-hybridized carbons (Fsp3) is 0.889. The van der Waals surface area contributed by atoms with Crippen molar-refractivity contribution in [3.63, 3.8) is 0 Å². The van der Waals surface area contributed by atoms with Crippen LogP contribution in [0, 0.1) is 11.3 Å². The minimum atomic E-state index is 0.147. The van der Waals surface area contributed by atoms with E-state index in [1.807, 2.05) is 0 Å². The summed E-state index contributed by atoms with van der Waals surface area (Å²) in [4.78, 5) is 11.3. The Balaban J connectivity index is 2.14. The number of amides is 1. The zero-order valence-corrected chi connectivity index (χ0v) is 7.76. The Kier molecular flexibility index (Phi) is 2.73. The summed E-state index contributed by atoms with van der Waals surface area (Å²) in [6, 6.07) is 0. The van der Waals surface area contributed by atoms with E-state index in [2.05, 4.69) is 19.2 Å². The number of nitrogens with one attached hydrogen (secondary N) is 1. The lowest BCUT2D eigenvalue weighted by atomic mass is 10.1. The van der Waals surface area contributed by atoms with E-state index in [-0.39, 0.29) is 23.8 Å². The summed E-state index contributed by atoms with van der Waals surface area (Å²) in [6.45, 7) is 4.95. The Morgan fingerprint density at radius 2 is 2.25 bits per heavy atom. The summed E-state index contributed by atoms with van der Waals surface area (Å²) in [6.07, 6.45) is 1.65. The molecule has 1 saturated carbocycles. The van der Waals surface area contributed by atoms with Crippen LogP contribution in [-0.4, -0.2) is 24.2 Å². The number of aliphatic hydroxyl groups is 1. The number of hydrogen-bond acceptors (Lipinski definition) is 2. The number of hydrogen-bond donors (Lipinski definition) is 2. The second-order valence-electron chi connectivity index (χ2n) is 4.11. The Morgan fingerprint density at radius 1 is 1.67 bits per heavy atom. The molecule has 0 aliphatic heterocycles. The van der Waals surface area contributed by atoms with Crippen LogP contribution in [-0.2, 0) is 4.79 Å². The van der Waals surface area contributed by atoms with Gasteiger partial charge in [-0.15, -0.1) is 0 Å². The molecule has 1 atom stereocenters. The molecule has 1 aliphatic rings. The van der Waals surface area contributed by atoms with Crippen LogP contribution in [0.1, 0.15) is 26.7 Å². The van der Waals surface area contributed by atoms with E-state index in [0.717, 1.165) is 6.42 Å². The molecule has 0 heterocycles. The fourth-order valence-corrected chi connectivity index (χ4v) is 1.33. The molecule has 0 spiro atoms. The summed E-state index contributed by atoms with van der Waals surface area (Å²) < 4.78 is 0. The van der Waals surface area contributed by atoms with E-state index >= 15 is 0 Å². The number of aliphatic hydroxyl groups excluding tert-OH is 1. The molecule has 1 amide bonds. The van der Waals surface area contributed by atoms with Crippen LogP contribution < -0.4 is 5.32 Å². The molecule has 3 nitrogen and oxygen atoms in total. The molecule has 1 unspecified atom stereocenters. The molecule has 3 heteroatoms. The molecule has 0 aromatic carbocycles. The molecule has 0 radical (unpaired) electrons. The smallest absolute Gasteiger partial charge is 0.223 e. The molecular formula is C9H17NO2. The molecular weight excluding hydrogens is 154 g/mol. The van der Waals surface area contributed by atoms with Gasteiger partial charge in [0.1, 0.15) is 0 Å². The van der Waals surface area contributed by atoms with Crippen molar-refractivity contribution in [2.24, 2.45) is 11.3 Å². The summed E-state index contributed by atoms with van der Waals surface area (Å²) in [5, 5.41) is 11.3. The third-order valence-electron chi connectivity index (χ3n) is 2.46. The molecule has 1 rings (SSSR count). The zero-order chi connectivity index (χ0) is 9.19. The quantitative estimate of drug-likeness (QED) is 0.606. The minimum absolute atomic E-state index is 0.147. The highest BCUT2D eigenvalue weighted by molar-refractivity contribution is 5.82. The van der Waals surface area contributed by atoms with Crippen LogP contribution in [0.4, 0.5) is 0 Å². The Labute approximate surface area is 73.2 Å². The number of carbonyl (C=O) groups is 1. The molecule has 1 aliphatic carbocycles. The van der Waals surface area contributed by atoms with Gasteiger partial charge < -0.3 is 10.4 Å². The van der Waals surface area contributed by atoms with Crippen LogP contribution in [0.15, 0.2) is 0 Å². The molecule has 0 bridgehead atoms. The Hall–Kier alpha value is -0.570. The lowest BCUT2D eigenvalue weighted by Gasteiger charge is -2.04. The lowest BCUT2D eigenvalue weighted by molar-refractivity contribution is -0.123. The van der Waals surface area contributed by atoms with Crippen molar-refractivity contribution >= 4 is 5.91 Å². The second-order valence-corrected chi connectivity index (χ2v) is 4.11. The van der Waals surface area contributed by atoms with Gasteiger partial charge in [0.2, 0.25) is 5.91 Å². The standard InChI is InChI=1S/C9H17NO2/c1-9(2)6-7(9)8(12)10-4-3-5-11/h7,11H,3-6H2,1-2H3,(H,10,12). The van der Waals surface area contributed by atoms with Crippen molar-refractivity contribution in [3.8, 4) is 0 Å². The summed E-state index contributed by atoms with van der Waals surface area (Å²) in [5.74, 6) is 0.352. The largest absolute Gasteiger partial charge is 0.396 e. The zero-order valence-electron chi connectivity index (χ0n) is 7.76. The first kappa shape index (κ1) is 9.52. The van der Waals surface area contributed by atoms with Crippen LogP contribution in [0.5, 0.6) is 0 Å². The average molecular weight is 171 g/mol. The van der Waals surface area contributed by atoms with Gasteiger partial charge in [-0.2, -0.15) is 0 Å². The SMILES string of the molecule is CC1(C)CC1C(=O)NCCCO. The summed E-state index contributed by atoms with van der Waals surface area (Å²) in [5.41, 5.74) is 0.212. The van der Waals surface area contributed by atoms with E-state index in [1.54, 1.807) is 0 Å². The van der Waals surface area contributed by atoms with Gasteiger partial charge in [-0.05, 0) is 18.3 Å². The molecule has 2 N–H and O–H groups in total. The van der Waals surface area contributed by atoms with Crippen molar-refractivity contribution in [1.82, 2.24) is 5.32 Å². The second kappa shape index (κ2) is 3.44. The van der Waals surface area contributed by atoms with Gasteiger partial charge in [0.05, 0.1) is 0 Å². The van der Waals surface area contributed by atoms with E-state index in [0.29, 0.717) is 13.0 Å². The van der Waals surface area contributed by atoms with Crippen molar-refractivity contribution in [3.05, 3.63) is 0 Å². The molecule has 0 saturated heterocycles. The lowest BCUT2D eigenvalue weighted by Crippen LogP contribution is -2.27. The average Bonchev–Trinajstić information content (AvgIpc) is 2.60. The van der Waals surface area contributed by atoms with E-state index < -0.39 is 0 Å². The molecule has 1 fully saturated rings. The molecule has 70 valence electrons. The van der Waals surface area contributed by atoms with Crippen molar-refractivity contribution < 1.29 is 9.90 Å². The first-order valence-electron chi connectivity index (χ1n) is 4.46. The van der Waals surface area contributed by atoms with Gasteiger partial charge in [0, 0.05) is 19.1 Å². The highest BCUT2D eigenvalue weighted by Gasteiger charge is 2.50. The minimum Gasteiger partial charge on any atom is -0.396 e. The van der Waals surface area contributed by atoms with Crippen LogP contribution in [0.25, 0.3) is 0 Å². The third kappa shape index (κ3) is 2.21. The fourth-order valence-electron chi connectivity index (χ4n) is 1.33. The van der Waals surface area contributed by atoms with Crippen LogP contribution in [0.2, 0.25) is 0 Å². The van der Waals surface area contributed by atoms with Crippen LogP contribution in [0.3, 0.4) is 0 Å². The van der Waals surface area contributed by atoms with Crippen molar-refractivity contribution in [2.75, 3.05) is 13.2 Å². The number of rotatable bonds is 4. The van der Waals surface area contributed by atoms with E-state index in [4.69, 9.17) is 5.11 Å². The van der Waals surface area contributed by atoms with E-state index in [1.165, 1.54) is 0 Å². The van der Waals surface area contributed by atoms with Gasteiger partial charge in [0.25, 0.3) is 0 Å². The monoisotopic (exact) mass is 171 g/mol. The number of carbonyl (C=O) groups excluding carboxylic acids is 1. The molecule has 0 aromatic heterocycles. The predicted octanol–water partition coefficient (Wildman–Crippen LogP) is 0.531. The maximum atomic E-state index is 11.3. The molecule has 12 heavy (non-hydrogen) atoms. The van der Waals surface area contributed by atoms with Crippen molar-refractivity contribution in [2.45, 2.75) is 26.7 Å². The topological polar surface area (TPSA) is 49.3 Å². The van der Waals surface area contributed by atoms with Gasteiger partial charge >= 0.3 is 0 Å². The first-order chi connectivity index (χ1) is 5.58. The maximum Gasteiger partial charge on any atom is 0.223 e. The first-order valence-corrected chi connectivity index (χ1v) is 4.46. The maximum absolute atomic E-state index is 11.3. The third-order valence-corrected chi connectivity index (χ3v) is 2.46. The highest BCUT2D eigenvalue weighted by Crippen LogP contribution is 2.51. The van der Waals surface area contributed by atoms with Gasteiger partial charge in [-0.3, -0.25) is 4.79 Å². The van der Waals surface area contributed by atoms with Gasteiger partial charge in [-0.1, -0.05) is 13.8 Å². The normalized spacial score (nSPS) is 25.1. The summed E-state index contributed by atoms with van der Waals surface area (Å²) in [7, 11) is 0. The van der Waals surface area contributed by atoms with Crippen LogP contribution >= 0.6 is 0 Å². The highest BCUT2D eigenvalue weighted by atomic mass is 16.3. The Bertz CT molecular complexity index is 177. The van der Waals surface area contributed by atoms with Gasteiger partial charge in [-0.25, -0.2) is 0 Å². The summed E-state index contributed by atoms with van der Waals surface area (Å²) >= 11 is 0.